The van der Waals surface area contributed by atoms with E-state index in [1.165, 1.54) is 63.7 Å². The molecular weight excluding hydrogens is 1020 g/mol. The molecule has 0 saturated heterocycles. The van der Waals surface area contributed by atoms with Gasteiger partial charge < -0.3 is 24.0 Å². The van der Waals surface area contributed by atoms with Gasteiger partial charge in [0.1, 0.15) is 5.58 Å². The molecule has 0 saturated carbocycles. The van der Waals surface area contributed by atoms with Crippen LogP contribution in [0, 0.1) is 0 Å². The van der Waals surface area contributed by atoms with E-state index in [1.54, 1.807) is 0 Å². The number of anilines is 12. The predicted octanol–water partition coefficient (Wildman–Crippen LogP) is 16.1. The second-order valence-corrected chi connectivity index (χ2v) is 23.3. The van der Waals surface area contributed by atoms with E-state index in [0.29, 0.717) is 0 Å². The van der Waals surface area contributed by atoms with E-state index in [1.807, 2.05) is 23.5 Å². The molecule has 4 aliphatic rings. The summed E-state index contributed by atoms with van der Waals surface area (Å²) in [6.07, 6.45) is 0. The van der Waals surface area contributed by atoms with Crippen molar-refractivity contribution in [1.29, 1.82) is 0 Å². The molecule has 4 aliphatic heterocycles. The number of hydrogen-bond acceptors (Lipinski definition) is 7. The summed E-state index contributed by atoms with van der Waals surface area (Å²) in [5.41, 5.74) is 22.9. The Bertz CT molecular complexity index is 4560. The minimum absolute atomic E-state index is 0.0577. The number of para-hydroxylation sites is 8. The molecule has 13 aromatic rings. The Hall–Kier alpha value is -9.53. The van der Waals surface area contributed by atoms with Gasteiger partial charge >= 0.3 is 0 Å². The van der Waals surface area contributed by atoms with Crippen LogP contribution in [-0.4, -0.2) is 13.4 Å². The normalized spacial score (nSPS) is 13.2. The Morgan fingerprint density at radius 2 is 0.778 bits per heavy atom. The molecule has 0 atom stereocenters. The topological polar surface area (TPSA) is 26.1 Å². The van der Waals surface area contributed by atoms with E-state index >= 15 is 0 Å². The molecule has 0 aliphatic carbocycles. The van der Waals surface area contributed by atoms with E-state index in [2.05, 4.69) is 299 Å². The molecule has 0 fully saturated rings. The zero-order valence-electron chi connectivity index (χ0n) is 43.7. The number of rotatable bonds is 8. The van der Waals surface area contributed by atoms with Crippen LogP contribution in [-0.2, 0) is 0 Å². The van der Waals surface area contributed by atoms with Crippen LogP contribution in [0.15, 0.2) is 303 Å². The lowest BCUT2D eigenvalue weighted by atomic mass is 9.31. The predicted molar refractivity (Wildman–Crippen MR) is 343 cm³/mol. The molecule has 0 N–H and O–H groups in total. The zero-order chi connectivity index (χ0) is 53.1. The SMILES string of the molecule is c1ccc(N(c2ccccc2)c2cc3c4c(c2)N(c2ccccc2)c2ccccc2B4c2cc4c(cc2S3)N(c2cccc3c2oc2ccccc23)c2cc(N(c3ccccc3)c3ccccc3)cc3c2B4c2ccccc2S3)cc1. The summed E-state index contributed by atoms with van der Waals surface area (Å²) < 4.78 is 7.07. The van der Waals surface area contributed by atoms with Gasteiger partial charge in [-0.25, -0.2) is 0 Å². The fraction of sp³-hybridized carbons (Fsp3) is 0. The number of nitrogens with zero attached hydrogens (tertiary/aromatic N) is 4. The largest absolute Gasteiger partial charge is 0.454 e. The summed E-state index contributed by atoms with van der Waals surface area (Å²) in [5, 5.41) is 2.20. The van der Waals surface area contributed by atoms with Crippen LogP contribution in [0.4, 0.5) is 68.2 Å². The maximum absolute atomic E-state index is 7.07. The van der Waals surface area contributed by atoms with E-state index in [4.69, 9.17) is 4.42 Å². The maximum Gasteiger partial charge on any atom is 0.249 e. The van der Waals surface area contributed by atoms with Crippen LogP contribution in [0.2, 0.25) is 0 Å². The van der Waals surface area contributed by atoms with Crippen molar-refractivity contribution in [2.75, 3.05) is 19.6 Å². The Balaban J connectivity index is 0.957. The minimum atomic E-state index is -0.0620. The molecule has 5 heterocycles. The van der Waals surface area contributed by atoms with Crippen molar-refractivity contribution in [2.45, 2.75) is 19.6 Å². The van der Waals surface area contributed by atoms with Gasteiger partial charge in [0.2, 0.25) is 13.4 Å². The molecule has 81 heavy (non-hydrogen) atoms. The van der Waals surface area contributed by atoms with Crippen LogP contribution in [0.25, 0.3) is 21.9 Å². The Morgan fingerprint density at radius 1 is 0.296 bits per heavy atom. The molecule has 0 unspecified atom stereocenters. The highest BCUT2D eigenvalue weighted by atomic mass is 32.2. The van der Waals surface area contributed by atoms with Crippen molar-refractivity contribution in [1.82, 2.24) is 0 Å². The number of benzene rings is 12. The summed E-state index contributed by atoms with van der Waals surface area (Å²) >= 11 is 3.79. The van der Waals surface area contributed by atoms with Crippen LogP contribution in [0.3, 0.4) is 0 Å². The highest BCUT2D eigenvalue weighted by Crippen LogP contribution is 2.51. The summed E-state index contributed by atoms with van der Waals surface area (Å²) in [4.78, 5) is 14.9. The average Bonchev–Trinajstić information content (AvgIpc) is 3.73. The molecule has 0 spiro atoms. The monoisotopic (exact) mass is 1070 g/mol. The van der Waals surface area contributed by atoms with Crippen molar-refractivity contribution in [3.05, 3.63) is 279 Å². The van der Waals surface area contributed by atoms with Crippen molar-refractivity contribution in [3.63, 3.8) is 0 Å². The zero-order valence-corrected chi connectivity index (χ0v) is 45.4. The highest BCUT2D eigenvalue weighted by molar-refractivity contribution is 8.00. The molecule has 9 heteroatoms. The molecule has 5 nitrogen and oxygen atoms in total. The van der Waals surface area contributed by atoms with Gasteiger partial charge in [-0.3, -0.25) is 0 Å². The van der Waals surface area contributed by atoms with Crippen molar-refractivity contribution < 1.29 is 4.42 Å². The third kappa shape index (κ3) is 7.25. The lowest BCUT2D eigenvalue weighted by Crippen LogP contribution is -2.64. The van der Waals surface area contributed by atoms with Gasteiger partial charge in [0, 0.05) is 92.9 Å². The summed E-state index contributed by atoms with van der Waals surface area (Å²) in [6.45, 7) is -0.120. The first-order valence-electron chi connectivity index (χ1n) is 27.6. The van der Waals surface area contributed by atoms with Crippen LogP contribution in [0.5, 0.6) is 0 Å². The number of furan rings is 1. The molecule has 1 aromatic heterocycles. The van der Waals surface area contributed by atoms with E-state index in [-0.39, 0.29) is 13.4 Å². The van der Waals surface area contributed by atoms with E-state index < -0.39 is 0 Å². The lowest BCUT2D eigenvalue weighted by molar-refractivity contribution is 0.669. The second-order valence-electron chi connectivity index (χ2n) is 21.1. The van der Waals surface area contributed by atoms with Crippen LogP contribution in [0.1, 0.15) is 0 Å². The van der Waals surface area contributed by atoms with Gasteiger partial charge in [0.05, 0.1) is 5.69 Å². The maximum atomic E-state index is 7.07. The molecule has 378 valence electrons. The minimum Gasteiger partial charge on any atom is -0.454 e. The number of hydrogen-bond donors (Lipinski definition) is 0. The first kappa shape index (κ1) is 46.4. The van der Waals surface area contributed by atoms with Gasteiger partial charge in [-0.15, -0.1) is 0 Å². The molecule has 12 aromatic carbocycles. The average molecular weight is 1070 g/mol. The third-order valence-electron chi connectivity index (χ3n) is 16.7. The van der Waals surface area contributed by atoms with Crippen molar-refractivity contribution in [2.24, 2.45) is 0 Å². The van der Waals surface area contributed by atoms with Gasteiger partial charge in [0.15, 0.2) is 5.58 Å². The molecule has 0 radical (unpaired) electrons. The fourth-order valence-electron chi connectivity index (χ4n) is 13.3. The van der Waals surface area contributed by atoms with Crippen LogP contribution < -0.4 is 52.4 Å². The Labute approximate surface area is 479 Å². The van der Waals surface area contributed by atoms with Gasteiger partial charge in [0.25, 0.3) is 0 Å². The summed E-state index contributed by atoms with van der Waals surface area (Å²) in [7, 11) is 0. The molecule has 0 amide bonds. The van der Waals surface area contributed by atoms with Crippen molar-refractivity contribution >= 4 is 160 Å². The highest BCUT2D eigenvalue weighted by Gasteiger charge is 2.47. The molecular formula is C72H46B2N4OS2. The van der Waals surface area contributed by atoms with Crippen molar-refractivity contribution in [3.8, 4) is 0 Å². The second kappa shape index (κ2) is 18.5. The number of fused-ring (bicyclic) bond motifs is 11. The quantitative estimate of drug-likeness (QED) is 0.140. The van der Waals surface area contributed by atoms with Gasteiger partial charge in [-0.05, 0) is 137 Å². The summed E-state index contributed by atoms with van der Waals surface area (Å²) in [5.74, 6) is 0. The third-order valence-corrected chi connectivity index (χ3v) is 18.9. The van der Waals surface area contributed by atoms with Gasteiger partial charge in [-0.2, -0.15) is 0 Å². The van der Waals surface area contributed by atoms with E-state index in [9.17, 15) is 0 Å². The molecule has 17 rings (SSSR count). The molecule has 0 bridgehead atoms. The fourth-order valence-corrected chi connectivity index (χ4v) is 15.8. The van der Waals surface area contributed by atoms with Gasteiger partial charge in [-0.1, -0.05) is 198 Å². The Kier molecular flexibility index (Phi) is 10.6. The van der Waals surface area contributed by atoms with E-state index in [0.717, 1.165) is 78.8 Å². The standard InChI is InChI=1S/C72H46B2N4OS2/c1-6-23-47(24-7-1)75(48-25-8-2-9-26-48)52-41-63-70-69(44-52)81-67-46-62-58(45-59(67)73(70)56-35-17-19-37-60(56)77(63)51-31-14-5-15-32-51)74-57-36-18-21-40-66(57)80-68-43-53(76(49-27-10-3-11-28-49)50-29-12-4-13-30-50)42-64(71(68)74)78(62)61-38-22-34-55-54-33-16-20-39-65(54)79-72(55)61/h1-46H. The van der Waals surface area contributed by atoms with Crippen LogP contribution >= 0.6 is 23.5 Å². The summed E-state index contributed by atoms with van der Waals surface area (Å²) in [6, 6.07) is 102. The lowest BCUT2D eigenvalue weighted by Gasteiger charge is -2.44. The first-order valence-corrected chi connectivity index (χ1v) is 29.3. The smallest absolute Gasteiger partial charge is 0.249 e. The first-order chi connectivity index (χ1) is 40.2. The Morgan fingerprint density at radius 3 is 1.41 bits per heavy atom.